The first-order chi connectivity index (χ1) is 8.36. The van der Waals surface area contributed by atoms with E-state index in [-0.39, 0.29) is 11.3 Å². The number of hydrogen-bond donors (Lipinski definition) is 2. The molecule has 1 heterocycles. The number of nitrogens with one attached hydrogen (secondary N) is 2. The molecule has 0 aliphatic carbocycles. The van der Waals surface area contributed by atoms with Crippen molar-refractivity contribution in [1.82, 2.24) is 15.5 Å². The lowest BCUT2D eigenvalue weighted by atomic mass is 9.81. The van der Waals surface area contributed by atoms with Crippen molar-refractivity contribution >= 4 is 22.4 Å². The Morgan fingerprint density at radius 3 is 2.61 bits per heavy atom. The van der Waals surface area contributed by atoms with Gasteiger partial charge in [0.2, 0.25) is 10.1 Å². The Labute approximate surface area is 112 Å². The lowest BCUT2D eigenvalue weighted by Crippen LogP contribution is -2.36. The first kappa shape index (κ1) is 14.9. The van der Waals surface area contributed by atoms with Gasteiger partial charge in [-0.15, -0.1) is 10.2 Å². The molecule has 18 heavy (non-hydrogen) atoms. The van der Waals surface area contributed by atoms with Crippen molar-refractivity contribution in [2.45, 2.75) is 34.6 Å². The predicted molar refractivity (Wildman–Crippen MR) is 75.0 cm³/mol. The fourth-order valence-electron chi connectivity index (χ4n) is 1.13. The first-order valence-corrected chi connectivity index (χ1v) is 7.04. The molecule has 1 aromatic heterocycles. The van der Waals surface area contributed by atoms with Gasteiger partial charge in [0.15, 0.2) is 0 Å². The number of rotatable bonds is 6. The average Bonchev–Trinajstić information content (AvgIpc) is 2.75. The van der Waals surface area contributed by atoms with Gasteiger partial charge in [0, 0.05) is 13.1 Å². The van der Waals surface area contributed by atoms with E-state index in [0.29, 0.717) is 22.6 Å². The zero-order valence-electron chi connectivity index (χ0n) is 11.7. The normalized spacial score (nSPS) is 11.7. The number of carbonyl (C=O) groups excluding carboxylic acids is 1. The SMILES string of the molecule is CCNc1nnc(C(=O)NCC(C)(C)C(C)C)s1. The summed E-state index contributed by atoms with van der Waals surface area (Å²) in [5.41, 5.74) is 0.0743. The van der Waals surface area contributed by atoms with Gasteiger partial charge in [0.1, 0.15) is 0 Å². The molecule has 0 spiro atoms. The highest BCUT2D eigenvalue weighted by atomic mass is 32.1. The molecule has 5 nitrogen and oxygen atoms in total. The lowest BCUT2D eigenvalue weighted by Gasteiger charge is -2.29. The molecule has 1 amide bonds. The van der Waals surface area contributed by atoms with Crippen molar-refractivity contribution in [3.05, 3.63) is 5.01 Å². The second-order valence-electron chi connectivity index (χ2n) is 5.27. The highest BCUT2D eigenvalue weighted by Crippen LogP contribution is 2.25. The maximum absolute atomic E-state index is 11.9. The highest BCUT2D eigenvalue weighted by Gasteiger charge is 2.24. The molecule has 0 bridgehead atoms. The van der Waals surface area contributed by atoms with Crippen LogP contribution < -0.4 is 10.6 Å². The van der Waals surface area contributed by atoms with Crippen molar-refractivity contribution in [3.63, 3.8) is 0 Å². The fourth-order valence-corrected chi connectivity index (χ4v) is 1.85. The van der Waals surface area contributed by atoms with Crippen LogP contribution in [0.25, 0.3) is 0 Å². The average molecular weight is 270 g/mol. The largest absolute Gasteiger partial charge is 0.360 e. The van der Waals surface area contributed by atoms with Gasteiger partial charge in [0.05, 0.1) is 0 Å². The summed E-state index contributed by atoms with van der Waals surface area (Å²) < 4.78 is 0. The van der Waals surface area contributed by atoms with Gasteiger partial charge in [-0.2, -0.15) is 0 Å². The quantitative estimate of drug-likeness (QED) is 0.833. The van der Waals surface area contributed by atoms with Crippen LogP contribution in [0.3, 0.4) is 0 Å². The van der Waals surface area contributed by atoms with E-state index in [4.69, 9.17) is 0 Å². The zero-order valence-corrected chi connectivity index (χ0v) is 12.5. The summed E-state index contributed by atoms with van der Waals surface area (Å²) in [7, 11) is 0. The third-order valence-electron chi connectivity index (χ3n) is 3.21. The Balaban J connectivity index is 2.55. The topological polar surface area (TPSA) is 66.9 Å². The standard InChI is InChI=1S/C12H22N4OS/c1-6-13-11-16-15-10(18-11)9(17)14-7-12(4,5)8(2)3/h8H,6-7H2,1-5H3,(H,13,16)(H,14,17). The molecule has 0 saturated carbocycles. The van der Waals surface area contributed by atoms with Gasteiger partial charge in [-0.05, 0) is 18.3 Å². The Kier molecular flexibility index (Phi) is 5.07. The number of hydrogen-bond acceptors (Lipinski definition) is 5. The van der Waals surface area contributed by atoms with E-state index in [1.165, 1.54) is 11.3 Å². The number of amides is 1. The number of aromatic nitrogens is 2. The number of carbonyl (C=O) groups is 1. The monoisotopic (exact) mass is 270 g/mol. The fraction of sp³-hybridized carbons (Fsp3) is 0.750. The molecule has 102 valence electrons. The van der Waals surface area contributed by atoms with Crippen LogP contribution in [0.15, 0.2) is 0 Å². The first-order valence-electron chi connectivity index (χ1n) is 6.22. The van der Waals surface area contributed by atoms with Crippen molar-refractivity contribution < 1.29 is 4.79 Å². The van der Waals surface area contributed by atoms with E-state index in [0.717, 1.165) is 6.54 Å². The maximum Gasteiger partial charge on any atom is 0.282 e. The van der Waals surface area contributed by atoms with Crippen LogP contribution in [0.4, 0.5) is 5.13 Å². The van der Waals surface area contributed by atoms with E-state index < -0.39 is 0 Å². The molecule has 0 aromatic carbocycles. The third-order valence-corrected chi connectivity index (χ3v) is 4.09. The van der Waals surface area contributed by atoms with Gasteiger partial charge in [-0.25, -0.2) is 0 Å². The molecule has 0 radical (unpaired) electrons. The van der Waals surface area contributed by atoms with Gasteiger partial charge in [-0.3, -0.25) is 4.79 Å². The molecule has 0 aliphatic rings. The second kappa shape index (κ2) is 6.13. The molecule has 0 unspecified atom stereocenters. The summed E-state index contributed by atoms with van der Waals surface area (Å²) >= 11 is 1.28. The van der Waals surface area contributed by atoms with Gasteiger partial charge in [-0.1, -0.05) is 39.0 Å². The Morgan fingerprint density at radius 2 is 2.06 bits per heavy atom. The Bertz CT molecular complexity index is 401. The highest BCUT2D eigenvalue weighted by molar-refractivity contribution is 7.17. The maximum atomic E-state index is 11.9. The van der Waals surface area contributed by atoms with E-state index >= 15 is 0 Å². The molecule has 6 heteroatoms. The number of nitrogens with zero attached hydrogens (tertiary/aromatic N) is 2. The van der Waals surface area contributed by atoms with Crippen molar-refractivity contribution in [2.24, 2.45) is 11.3 Å². The van der Waals surface area contributed by atoms with Crippen molar-refractivity contribution in [1.29, 1.82) is 0 Å². The Morgan fingerprint density at radius 1 is 1.39 bits per heavy atom. The van der Waals surface area contributed by atoms with E-state index in [9.17, 15) is 4.79 Å². The minimum Gasteiger partial charge on any atom is -0.360 e. The summed E-state index contributed by atoms with van der Waals surface area (Å²) in [6.45, 7) is 12.0. The molecule has 1 rings (SSSR count). The molecule has 2 N–H and O–H groups in total. The van der Waals surface area contributed by atoms with Crippen LogP contribution in [0.1, 0.15) is 44.4 Å². The molecule has 0 aliphatic heterocycles. The summed E-state index contributed by atoms with van der Waals surface area (Å²) in [6, 6.07) is 0. The summed E-state index contributed by atoms with van der Waals surface area (Å²) in [4.78, 5) is 11.9. The van der Waals surface area contributed by atoms with Crippen LogP contribution in [0.5, 0.6) is 0 Å². The molecular weight excluding hydrogens is 248 g/mol. The molecule has 0 fully saturated rings. The van der Waals surface area contributed by atoms with E-state index in [1.807, 2.05) is 6.92 Å². The lowest BCUT2D eigenvalue weighted by molar-refractivity contribution is 0.0923. The van der Waals surface area contributed by atoms with Gasteiger partial charge < -0.3 is 10.6 Å². The molecular formula is C12H22N4OS. The van der Waals surface area contributed by atoms with Crippen LogP contribution in [0.2, 0.25) is 0 Å². The summed E-state index contributed by atoms with van der Waals surface area (Å²) in [5.74, 6) is 0.356. The minimum absolute atomic E-state index is 0.0743. The summed E-state index contributed by atoms with van der Waals surface area (Å²) in [6.07, 6.45) is 0. The Hall–Kier alpha value is -1.17. The molecule has 1 aromatic rings. The predicted octanol–water partition coefficient (Wildman–Crippen LogP) is 2.38. The van der Waals surface area contributed by atoms with Crippen LogP contribution in [0, 0.1) is 11.3 Å². The summed E-state index contributed by atoms with van der Waals surface area (Å²) in [5, 5.41) is 14.8. The zero-order chi connectivity index (χ0) is 13.8. The number of anilines is 1. The van der Waals surface area contributed by atoms with Gasteiger partial charge in [0.25, 0.3) is 5.91 Å². The van der Waals surface area contributed by atoms with Gasteiger partial charge >= 0.3 is 0 Å². The van der Waals surface area contributed by atoms with E-state index in [1.54, 1.807) is 0 Å². The molecule has 0 saturated heterocycles. The van der Waals surface area contributed by atoms with Crippen LogP contribution >= 0.6 is 11.3 Å². The third kappa shape index (κ3) is 3.94. The second-order valence-corrected chi connectivity index (χ2v) is 6.25. The van der Waals surface area contributed by atoms with Crippen molar-refractivity contribution in [2.75, 3.05) is 18.4 Å². The van der Waals surface area contributed by atoms with Crippen LogP contribution in [-0.2, 0) is 0 Å². The van der Waals surface area contributed by atoms with Crippen molar-refractivity contribution in [3.8, 4) is 0 Å². The van der Waals surface area contributed by atoms with E-state index in [2.05, 4.69) is 48.5 Å². The molecule has 0 atom stereocenters. The minimum atomic E-state index is -0.148. The van der Waals surface area contributed by atoms with Crippen LogP contribution in [-0.4, -0.2) is 29.2 Å². The smallest absolute Gasteiger partial charge is 0.282 e.